The number of amides is 1. The maximum absolute atomic E-state index is 14.3. The van der Waals surface area contributed by atoms with Gasteiger partial charge in [-0.3, -0.25) is 9.48 Å². The number of carbonyl (C=O) groups excluding carboxylic acids is 1. The molecule has 1 aromatic carbocycles. The van der Waals surface area contributed by atoms with Gasteiger partial charge in [0.2, 0.25) is 0 Å². The van der Waals surface area contributed by atoms with Gasteiger partial charge < -0.3 is 10.6 Å². The van der Waals surface area contributed by atoms with E-state index in [0.29, 0.717) is 17.1 Å². The number of nitrogens with zero attached hydrogens (tertiary/aromatic N) is 4. The van der Waals surface area contributed by atoms with E-state index >= 15 is 0 Å². The molecule has 4 rings (SSSR count). The van der Waals surface area contributed by atoms with Crippen molar-refractivity contribution in [1.29, 1.82) is 0 Å². The van der Waals surface area contributed by atoms with Crippen LogP contribution < -0.4 is 10.6 Å². The fourth-order valence-corrected chi connectivity index (χ4v) is 3.10. The van der Waals surface area contributed by atoms with Crippen molar-refractivity contribution in [2.45, 2.75) is 18.9 Å². The van der Waals surface area contributed by atoms with Gasteiger partial charge in [0.15, 0.2) is 11.5 Å². The molecule has 1 atom stereocenters. The van der Waals surface area contributed by atoms with E-state index in [9.17, 15) is 9.18 Å². The lowest BCUT2D eigenvalue weighted by Crippen LogP contribution is -2.32. The Hall–Kier alpha value is -3.00. The van der Waals surface area contributed by atoms with Crippen molar-refractivity contribution in [2.24, 2.45) is 0 Å². The van der Waals surface area contributed by atoms with Crippen LogP contribution in [0.3, 0.4) is 0 Å². The second kappa shape index (κ2) is 7.09. The zero-order valence-electron chi connectivity index (χ0n) is 14.1. The molecule has 0 radical (unpaired) electrons. The normalized spacial score (nSPS) is 17.2. The number of hydrogen-bond acceptors (Lipinski definition) is 4. The number of benzene rings is 1. The molecule has 2 aromatic heterocycles. The van der Waals surface area contributed by atoms with Crippen LogP contribution in [0, 0.1) is 5.82 Å². The first-order valence-corrected chi connectivity index (χ1v) is 8.57. The van der Waals surface area contributed by atoms with Crippen molar-refractivity contribution in [2.75, 3.05) is 18.4 Å². The second-order valence-electron chi connectivity index (χ2n) is 6.25. The van der Waals surface area contributed by atoms with Crippen LogP contribution in [0.4, 0.5) is 10.1 Å². The highest BCUT2D eigenvalue weighted by molar-refractivity contribution is 6.02. The van der Waals surface area contributed by atoms with Crippen LogP contribution in [-0.2, 0) is 0 Å². The zero-order chi connectivity index (χ0) is 17.9. The van der Waals surface area contributed by atoms with Gasteiger partial charge in [0, 0.05) is 30.8 Å². The van der Waals surface area contributed by atoms with E-state index in [0.717, 1.165) is 25.9 Å². The molecule has 0 saturated carbocycles. The number of rotatable bonds is 4. The van der Waals surface area contributed by atoms with Crippen molar-refractivity contribution in [3.8, 4) is 5.69 Å². The first-order chi connectivity index (χ1) is 12.7. The van der Waals surface area contributed by atoms with Crippen molar-refractivity contribution >= 4 is 11.6 Å². The molecule has 1 fully saturated rings. The fourth-order valence-electron chi connectivity index (χ4n) is 3.10. The molecule has 7 nitrogen and oxygen atoms in total. The minimum Gasteiger partial charge on any atom is -0.320 e. The van der Waals surface area contributed by atoms with Gasteiger partial charge in [-0.15, -0.1) is 0 Å². The second-order valence-corrected chi connectivity index (χ2v) is 6.25. The molecule has 0 bridgehead atoms. The van der Waals surface area contributed by atoms with Gasteiger partial charge in [0.1, 0.15) is 5.69 Å². The lowest BCUT2D eigenvalue weighted by molar-refractivity contribution is 0.102. The van der Waals surface area contributed by atoms with Gasteiger partial charge in [-0.1, -0.05) is 0 Å². The summed E-state index contributed by atoms with van der Waals surface area (Å²) in [5, 5.41) is 14.4. The summed E-state index contributed by atoms with van der Waals surface area (Å²) in [6, 6.07) is 8.14. The molecule has 1 amide bonds. The van der Waals surface area contributed by atoms with Crippen LogP contribution in [-0.4, -0.2) is 38.6 Å². The number of hydrogen-bond donors (Lipinski definition) is 2. The highest BCUT2D eigenvalue weighted by Crippen LogP contribution is 2.19. The SMILES string of the molecule is O=C(Nc1ccc(-n2cccn2)c(F)c1)c1ccn(C2CCCNC2)n1. The predicted octanol–water partition coefficient (Wildman–Crippen LogP) is 2.38. The van der Waals surface area contributed by atoms with E-state index in [1.165, 1.54) is 10.7 Å². The summed E-state index contributed by atoms with van der Waals surface area (Å²) in [7, 11) is 0. The lowest BCUT2D eigenvalue weighted by Gasteiger charge is -2.22. The van der Waals surface area contributed by atoms with Gasteiger partial charge in [0.05, 0.1) is 6.04 Å². The molecular formula is C18H19FN6O. The van der Waals surface area contributed by atoms with E-state index < -0.39 is 5.82 Å². The molecule has 134 valence electrons. The quantitative estimate of drug-likeness (QED) is 0.754. The minimum atomic E-state index is -0.467. The molecule has 0 aliphatic carbocycles. The topological polar surface area (TPSA) is 76.8 Å². The largest absolute Gasteiger partial charge is 0.320 e. The van der Waals surface area contributed by atoms with Crippen LogP contribution in [0.1, 0.15) is 29.4 Å². The molecule has 8 heteroatoms. The zero-order valence-corrected chi connectivity index (χ0v) is 14.1. The molecule has 3 aromatic rings. The Kier molecular flexibility index (Phi) is 4.49. The Morgan fingerprint density at radius 3 is 2.96 bits per heavy atom. The Labute approximate surface area is 149 Å². The van der Waals surface area contributed by atoms with Crippen LogP contribution in [0.2, 0.25) is 0 Å². The van der Waals surface area contributed by atoms with Crippen LogP contribution in [0.15, 0.2) is 48.9 Å². The summed E-state index contributed by atoms with van der Waals surface area (Å²) in [6.07, 6.45) is 7.18. The third kappa shape index (κ3) is 3.36. The summed E-state index contributed by atoms with van der Waals surface area (Å²) in [5.41, 5.74) is 1.01. The summed E-state index contributed by atoms with van der Waals surface area (Å²) < 4.78 is 17.5. The molecule has 1 aliphatic heterocycles. The van der Waals surface area contributed by atoms with Gasteiger partial charge in [-0.2, -0.15) is 10.2 Å². The molecule has 26 heavy (non-hydrogen) atoms. The summed E-state index contributed by atoms with van der Waals surface area (Å²) >= 11 is 0. The average Bonchev–Trinajstić information content (AvgIpc) is 3.35. The fraction of sp³-hybridized carbons (Fsp3) is 0.278. The molecule has 1 aliphatic rings. The number of anilines is 1. The molecule has 0 spiro atoms. The Bertz CT molecular complexity index is 898. The average molecular weight is 354 g/mol. The number of carbonyl (C=O) groups is 1. The molecule has 1 saturated heterocycles. The van der Waals surface area contributed by atoms with E-state index in [-0.39, 0.29) is 11.9 Å². The highest BCUT2D eigenvalue weighted by atomic mass is 19.1. The summed E-state index contributed by atoms with van der Waals surface area (Å²) in [4.78, 5) is 12.4. The third-order valence-corrected chi connectivity index (χ3v) is 4.44. The van der Waals surface area contributed by atoms with Crippen LogP contribution in [0.5, 0.6) is 0 Å². The van der Waals surface area contributed by atoms with Crippen LogP contribution >= 0.6 is 0 Å². The van der Waals surface area contributed by atoms with Gasteiger partial charge >= 0.3 is 0 Å². The first-order valence-electron chi connectivity index (χ1n) is 8.57. The van der Waals surface area contributed by atoms with E-state index in [4.69, 9.17) is 0 Å². The van der Waals surface area contributed by atoms with Crippen molar-refractivity contribution in [3.05, 3.63) is 60.4 Å². The summed E-state index contributed by atoms with van der Waals surface area (Å²) in [5.74, 6) is -0.830. The van der Waals surface area contributed by atoms with E-state index in [1.807, 2.05) is 10.9 Å². The first kappa shape index (κ1) is 16.5. The Morgan fingerprint density at radius 1 is 1.31 bits per heavy atom. The number of nitrogens with one attached hydrogen (secondary N) is 2. The van der Waals surface area contributed by atoms with Gasteiger partial charge in [0.25, 0.3) is 5.91 Å². The molecular weight excluding hydrogens is 335 g/mol. The van der Waals surface area contributed by atoms with E-state index in [1.54, 1.807) is 36.7 Å². The maximum atomic E-state index is 14.3. The monoisotopic (exact) mass is 354 g/mol. The standard InChI is InChI=1S/C18H19FN6O/c19-15-11-13(4-5-17(15)25-9-2-8-21-25)22-18(26)16-6-10-24(23-16)14-3-1-7-20-12-14/h2,4-6,8-11,14,20H,1,3,7,12H2,(H,22,26). The maximum Gasteiger partial charge on any atom is 0.276 e. The number of aromatic nitrogens is 4. The summed E-state index contributed by atoms with van der Waals surface area (Å²) in [6.45, 7) is 1.87. The van der Waals surface area contributed by atoms with Crippen molar-refractivity contribution in [3.63, 3.8) is 0 Å². The molecule has 3 heterocycles. The molecule has 2 N–H and O–H groups in total. The number of halogens is 1. The Balaban J connectivity index is 1.46. The van der Waals surface area contributed by atoms with Crippen molar-refractivity contribution in [1.82, 2.24) is 24.9 Å². The van der Waals surface area contributed by atoms with Gasteiger partial charge in [-0.25, -0.2) is 9.07 Å². The van der Waals surface area contributed by atoms with E-state index in [2.05, 4.69) is 20.8 Å². The minimum absolute atomic E-state index is 0.260. The Morgan fingerprint density at radius 2 is 2.23 bits per heavy atom. The predicted molar refractivity (Wildman–Crippen MR) is 94.8 cm³/mol. The molecule has 1 unspecified atom stereocenters. The van der Waals surface area contributed by atoms with Crippen molar-refractivity contribution < 1.29 is 9.18 Å². The lowest BCUT2D eigenvalue weighted by atomic mass is 10.1. The van der Waals surface area contributed by atoms with Crippen LogP contribution in [0.25, 0.3) is 5.69 Å². The van der Waals surface area contributed by atoms with Gasteiger partial charge in [-0.05, 0) is 49.7 Å². The third-order valence-electron chi connectivity index (χ3n) is 4.44. The smallest absolute Gasteiger partial charge is 0.276 e. The number of piperidine rings is 1. The highest BCUT2D eigenvalue weighted by Gasteiger charge is 2.18.